The molecular weight excluding hydrogens is 220 g/mol. The highest BCUT2D eigenvalue weighted by atomic mass is 16.4. The highest BCUT2D eigenvalue weighted by molar-refractivity contribution is 5.97. The first-order valence-corrected chi connectivity index (χ1v) is 5.41. The number of aromatic nitrogens is 1. The number of aryl methyl sites for hydroxylation is 1. The van der Waals surface area contributed by atoms with Gasteiger partial charge in [-0.05, 0) is 25.0 Å². The summed E-state index contributed by atoms with van der Waals surface area (Å²) in [6.07, 6.45) is 3.85. The van der Waals surface area contributed by atoms with E-state index in [2.05, 4.69) is 4.98 Å². The van der Waals surface area contributed by atoms with Gasteiger partial charge in [-0.15, -0.1) is 0 Å². The summed E-state index contributed by atoms with van der Waals surface area (Å²) in [5.41, 5.74) is 1.33. The second kappa shape index (κ2) is 5.43. The minimum atomic E-state index is -1.02. The van der Waals surface area contributed by atoms with Crippen LogP contribution in [0.3, 0.4) is 0 Å². The predicted octanol–water partition coefficient (Wildman–Crippen LogP) is 1.19. The van der Waals surface area contributed by atoms with Crippen LogP contribution >= 0.6 is 0 Å². The first-order chi connectivity index (χ1) is 7.99. The Bertz CT molecular complexity index is 432. The number of pyridine rings is 1. The molecule has 0 bridgehead atoms. The summed E-state index contributed by atoms with van der Waals surface area (Å²) in [4.78, 5) is 28.1. The van der Waals surface area contributed by atoms with Gasteiger partial charge < -0.3 is 10.0 Å². The molecule has 0 fully saturated rings. The lowest BCUT2D eigenvalue weighted by atomic mass is 10.1. The zero-order valence-electron chi connectivity index (χ0n) is 10.2. The van der Waals surface area contributed by atoms with Crippen molar-refractivity contribution in [2.24, 2.45) is 0 Å². The Hall–Kier alpha value is -1.91. The lowest BCUT2D eigenvalue weighted by Crippen LogP contribution is -2.40. The van der Waals surface area contributed by atoms with E-state index < -0.39 is 12.0 Å². The van der Waals surface area contributed by atoms with Crippen molar-refractivity contribution >= 4 is 11.9 Å². The number of carboxylic acid groups (broad SMARTS) is 1. The molecule has 5 nitrogen and oxygen atoms in total. The van der Waals surface area contributed by atoms with Crippen molar-refractivity contribution in [3.8, 4) is 0 Å². The third-order valence-corrected chi connectivity index (χ3v) is 2.77. The van der Waals surface area contributed by atoms with Gasteiger partial charge in [-0.25, -0.2) is 4.79 Å². The number of hydrogen-bond acceptors (Lipinski definition) is 3. The number of nitrogens with zero attached hydrogens (tertiary/aromatic N) is 2. The van der Waals surface area contributed by atoms with Crippen molar-refractivity contribution < 1.29 is 14.7 Å². The van der Waals surface area contributed by atoms with Crippen LogP contribution in [0, 0.1) is 0 Å². The molecule has 0 spiro atoms. The summed E-state index contributed by atoms with van der Waals surface area (Å²) < 4.78 is 0. The zero-order chi connectivity index (χ0) is 13.0. The molecule has 1 N–H and O–H groups in total. The lowest BCUT2D eigenvalue weighted by molar-refractivity contribution is -0.141. The fraction of sp³-hybridized carbons (Fsp3) is 0.417. The minimum absolute atomic E-state index is 0.292. The number of amides is 1. The minimum Gasteiger partial charge on any atom is -0.480 e. The molecule has 0 aliphatic heterocycles. The first-order valence-electron chi connectivity index (χ1n) is 5.41. The summed E-state index contributed by atoms with van der Waals surface area (Å²) >= 11 is 0. The molecule has 1 aromatic heterocycles. The number of rotatable bonds is 4. The molecule has 0 aromatic carbocycles. The summed E-state index contributed by atoms with van der Waals surface area (Å²) in [6.45, 7) is 3.40. The van der Waals surface area contributed by atoms with Crippen LogP contribution in [0.25, 0.3) is 0 Å². The van der Waals surface area contributed by atoms with Gasteiger partial charge in [-0.1, -0.05) is 6.92 Å². The van der Waals surface area contributed by atoms with E-state index in [1.54, 1.807) is 12.3 Å². The Morgan fingerprint density at radius 2 is 2.18 bits per heavy atom. The van der Waals surface area contributed by atoms with E-state index >= 15 is 0 Å². The SMILES string of the molecule is CCc1cnccc1C(=O)N(C)C(C)C(=O)O. The number of likely N-dealkylation sites (N-methyl/N-ethyl adjacent to an activating group) is 1. The number of aliphatic carboxylic acids is 1. The topological polar surface area (TPSA) is 70.5 Å². The third-order valence-electron chi connectivity index (χ3n) is 2.77. The zero-order valence-corrected chi connectivity index (χ0v) is 10.2. The van der Waals surface area contributed by atoms with Crippen LogP contribution in [-0.4, -0.2) is 40.0 Å². The molecule has 1 unspecified atom stereocenters. The molecule has 1 heterocycles. The normalized spacial score (nSPS) is 11.9. The van der Waals surface area contributed by atoms with Crippen molar-refractivity contribution in [2.45, 2.75) is 26.3 Å². The number of carbonyl (C=O) groups excluding carboxylic acids is 1. The highest BCUT2D eigenvalue weighted by Crippen LogP contribution is 2.12. The van der Waals surface area contributed by atoms with Crippen molar-refractivity contribution in [3.63, 3.8) is 0 Å². The van der Waals surface area contributed by atoms with Crippen molar-refractivity contribution in [1.82, 2.24) is 9.88 Å². The maximum atomic E-state index is 12.1. The Balaban J connectivity index is 3.00. The Morgan fingerprint density at radius 3 is 2.71 bits per heavy atom. The summed E-state index contributed by atoms with van der Waals surface area (Å²) in [7, 11) is 1.49. The van der Waals surface area contributed by atoms with Gasteiger partial charge in [0.2, 0.25) is 0 Å². The Labute approximate surface area is 100 Å². The molecule has 1 atom stereocenters. The van der Waals surface area contributed by atoms with E-state index in [0.717, 1.165) is 5.56 Å². The lowest BCUT2D eigenvalue weighted by Gasteiger charge is -2.22. The van der Waals surface area contributed by atoms with E-state index in [-0.39, 0.29) is 5.91 Å². The smallest absolute Gasteiger partial charge is 0.326 e. The summed E-state index contributed by atoms with van der Waals surface area (Å²) in [6, 6.07) is 0.770. The average molecular weight is 236 g/mol. The van der Waals surface area contributed by atoms with Gasteiger partial charge in [-0.2, -0.15) is 0 Å². The van der Waals surface area contributed by atoms with E-state index in [4.69, 9.17) is 5.11 Å². The van der Waals surface area contributed by atoms with Crippen LogP contribution < -0.4 is 0 Å². The fourth-order valence-electron chi connectivity index (χ4n) is 1.45. The van der Waals surface area contributed by atoms with E-state index in [1.807, 2.05) is 6.92 Å². The standard InChI is InChI=1S/C12H16N2O3/c1-4-9-7-13-6-5-10(9)11(15)14(3)8(2)12(16)17/h5-8H,4H2,1-3H3,(H,16,17). The van der Waals surface area contributed by atoms with Gasteiger partial charge in [0.1, 0.15) is 6.04 Å². The molecule has 0 saturated carbocycles. The maximum Gasteiger partial charge on any atom is 0.326 e. The molecule has 1 rings (SSSR count). The Kier molecular flexibility index (Phi) is 4.20. The quantitative estimate of drug-likeness (QED) is 0.852. The van der Waals surface area contributed by atoms with Crippen molar-refractivity contribution in [1.29, 1.82) is 0 Å². The second-order valence-electron chi connectivity index (χ2n) is 3.82. The number of carboxylic acids is 1. The molecular formula is C12H16N2O3. The first kappa shape index (κ1) is 13.2. The maximum absolute atomic E-state index is 12.1. The third kappa shape index (κ3) is 2.81. The van der Waals surface area contributed by atoms with Gasteiger partial charge in [0, 0.05) is 25.0 Å². The van der Waals surface area contributed by atoms with Crippen molar-refractivity contribution in [3.05, 3.63) is 29.6 Å². The molecule has 1 amide bonds. The van der Waals surface area contributed by atoms with E-state index in [0.29, 0.717) is 12.0 Å². The molecule has 0 aliphatic rings. The molecule has 0 saturated heterocycles. The largest absolute Gasteiger partial charge is 0.480 e. The monoisotopic (exact) mass is 236 g/mol. The summed E-state index contributed by atoms with van der Waals surface area (Å²) in [5, 5.41) is 8.87. The van der Waals surface area contributed by atoms with E-state index in [1.165, 1.54) is 25.1 Å². The molecule has 92 valence electrons. The molecule has 0 aliphatic carbocycles. The molecule has 5 heteroatoms. The number of carbonyl (C=O) groups is 2. The number of hydrogen-bond donors (Lipinski definition) is 1. The van der Waals surface area contributed by atoms with Gasteiger partial charge >= 0.3 is 5.97 Å². The van der Waals surface area contributed by atoms with Crippen LogP contribution in [0.5, 0.6) is 0 Å². The van der Waals surface area contributed by atoms with Gasteiger partial charge in [0.15, 0.2) is 0 Å². The van der Waals surface area contributed by atoms with Crippen LogP contribution in [0.15, 0.2) is 18.5 Å². The van der Waals surface area contributed by atoms with Crippen LogP contribution in [0.1, 0.15) is 29.8 Å². The molecule has 0 radical (unpaired) electrons. The predicted molar refractivity (Wildman–Crippen MR) is 62.8 cm³/mol. The van der Waals surface area contributed by atoms with Crippen LogP contribution in [0.4, 0.5) is 0 Å². The van der Waals surface area contributed by atoms with Crippen LogP contribution in [-0.2, 0) is 11.2 Å². The fourth-order valence-corrected chi connectivity index (χ4v) is 1.45. The molecule has 1 aromatic rings. The Morgan fingerprint density at radius 1 is 1.53 bits per heavy atom. The van der Waals surface area contributed by atoms with E-state index in [9.17, 15) is 9.59 Å². The molecule has 17 heavy (non-hydrogen) atoms. The van der Waals surface area contributed by atoms with Gasteiger partial charge in [0.25, 0.3) is 5.91 Å². The van der Waals surface area contributed by atoms with Crippen LogP contribution in [0.2, 0.25) is 0 Å². The van der Waals surface area contributed by atoms with Gasteiger partial charge in [-0.3, -0.25) is 9.78 Å². The average Bonchev–Trinajstić information content (AvgIpc) is 2.35. The second-order valence-corrected chi connectivity index (χ2v) is 3.82. The van der Waals surface area contributed by atoms with Gasteiger partial charge in [0.05, 0.1) is 0 Å². The summed E-state index contributed by atoms with van der Waals surface area (Å²) in [5.74, 6) is -1.31. The van der Waals surface area contributed by atoms with Crippen molar-refractivity contribution in [2.75, 3.05) is 7.05 Å². The highest BCUT2D eigenvalue weighted by Gasteiger charge is 2.23.